The Labute approximate surface area is 170 Å². The Balaban J connectivity index is 1.61. The van der Waals surface area contributed by atoms with Crippen LogP contribution in [0, 0.1) is 0 Å². The molecule has 2 aromatic rings. The molecule has 0 bridgehead atoms. The minimum absolute atomic E-state index is 0.0310. The first kappa shape index (κ1) is 20.9. The van der Waals surface area contributed by atoms with Crippen LogP contribution in [-0.4, -0.2) is 54.6 Å². The average Bonchev–Trinajstić information content (AvgIpc) is 2.70. The van der Waals surface area contributed by atoms with Gasteiger partial charge in [-0.2, -0.15) is 4.31 Å². The summed E-state index contributed by atoms with van der Waals surface area (Å²) in [5.74, 6) is -0.306. The molecule has 0 radical (unpaired) electrons. The van der Waals surface area contributed by atoms with Crippen LogP contribution in [0.5, 0.6) is 0 Å². The molecule has 1 aromatic carbocycles. The van der Waals surface area contributed by atoms with Crippen LogP contribution in [0.25, 0.3) is 0 Å². The van der Waals surface area contributed by atoms with E-state index in [0.29, 0.717) is 18.7 Å². The summed E-state index contributed by atoms with van der Waals surface area (Å²) < 4.78 is 26.0. The summed E-state index contributed by atoms with van der Waals surface area (Å²) >= 11 is 0. The van der Waals surface area contributed by atoms with Crippen molar-refractivity contribution in [2.24, 2.45) is 0 Å². The highest BCUT2D eigenvalue weighted by Crippen LogP contribution is 2.17. The molecular formula is C20H24N4O4S. The highest BCUT2D eigenvalue weighted by atomic mass is 32.2. The molecule has 0 spiro atoms. The lowest BCUT2D eigenvalue weighted by Crippen LogP contribution is -2.35. The summed E-state index contributed by atoms with van der Waals surface area (Å²) in [4.78, 5) is 30.0. The molecule has 29 heavy (non-hydrogen) atoms. The third-order valence-electron chi connectivity index (χ3n) is 4.71. The van der Waals surface area contributed by atoms with Gasteiger partial charge >= 0.3 is 0 Å². The number of anilines is 1. The molecule has 1 fully saturated rings. The van der Waals surface area contributed by atoms with E-state index in [1.807, 2.05) is 11.0 Å². The van der Waals surface area contributed by atoms with Gasteiger partial charge in [-0.05, 0) is 42.7 Å². The number of pyridine rings is 1. The van der Waals surface area contributed by atoms with Crippen molar-refractivity contribution in [3.63, 3.8) is 0 Å². The van der Waals surface area contributed by atoms with E-state index in [4.69, 9.17) is 0 Å². The smallest absolute Gasteiger partial charge is 0.244 e. The third-order valence-corrected chi connectivity index (χ3v) is 6.50. The molecule has 3 rings (SSSR count). The number of carbonyl (C=O) groups excluding carboxylic acids is 2. The maximum Gasteiger partial charge on any atom is 0.244 e. The monoisotopic (exact) mass is 416 g/mol. The normalized spacial score (nSPS) is 14.8. The van der Waals surface area contributed by atoms with Crippen LogP contribution in [0.4, 0.5) is 5.69 Å². The van der Waals surface area contributed by atoms with Crippen LogP contribution in [0.15, 0.2) is 53.7 Å². The van der Waals surface area contributed by atoms with E-state index < -0.39 is 15.9 Å². The fourth-order valence-corrected chi connectivity index (χ4v) is 4.26. The number of rotatable bonds is 7. The van der Waals surface area contributed by atoms with E-state index in [1.54, 1.807) is 18.2 Å². The zero-order valence-corrected chi connectivity index (χ0v) is 17.1. The lowest BCUT2D eigenvalue weighted by atomic mass is 10.1. The van der Waals surface area contributed by atoms with Crippen molar-refractivity contribution in [1.29, 1.82) is 0 Å². The number of hydrogen-bond acceptors (Lipinski definition) is 5. The second kappa shape index (κ2) is 9.15. The minimum Gasteiger partial charge on any atom is -0.338 e. The van der Waals surface area contributed by atoms with Gasteiger partial charge in [0.25, 0.3) is 0 Å². The van der Waals surface area contributed by atoms with Crippen molar-refractivity contribution in [1.82, 2.24) is 14.2 Å². The van der Waals surface area contributed by atoms with Gasteiger partial charge in [0.15, 0.2) is 0 Å². The van der Waals surface area contributed by atoms with Crippen molar-refractivity contribution in [2.45, 2.75) is 30.7 Å². The van der Waals surface area contributed by atoms with Gasteiger partial charge in [-0.25, -0.2) is 8.42 Å². The molecule has 0 aliphatic carbocycles. The number of likely N-dealkylation sites (tertiary alicyclic amines) is 1. The number of sulfonamides is 1. The summed E-state index contributed by atoms with van der Waals surface area (Å²) in [6, 6.07) is 10.2. The number of nitrogens with one attached hydrogen (secondary N) is 1. The van der Waals surface area contributed by atoms with E-state index >= 15 is 0 Å². The average molecular weight is 417 g/mol. The maximum absolute atomic E-state index is 12.5. The molecule has 8 nitrogen and oxygen atoms in total. The molecule has 1 N–H and O–H groups in total. The van der Waals surface area contributed by atoms with Gasteiger partial charge in [0.05, 0.1) is 6.54 Å². The van der Waals surface area contributed by atoms with E-state index in [1.165, 1.54) is 31.6 Å². The van der Waals surface area contributed by atoms with Crippen LogP contribution in [0.1, 0.15) is 24.8 Å². The molecule has 2 heterocycles. The number of likely N-dealkylation sites (N-methyl/N-ethyl adjacent to an activating group) is 1. The Kier molecular flexibility index (Phi) is 6.60. The zero-order valence-electron chi connectivity index (χ0n) is 16.2. The molecule has 154 valence electrons. The number of piperidine rings is 1. The minimum atomic E-state index is -3.79. The van der Waals surface area contributed by atoms with Crippen molar-refractivity contribution in [3.8, 4) is 0 Å². The fraction of sp³-hybridized carbons (Fsp3) is 0.350. The van der Waals surface area contributed by atoms with Crippen molar-refractivity contribution in [3.05, 3.63) is 54.4 Å². The molecule has 1 aromatic heterocycles. The van der Waals surface area contributed by atoms with Crippen LogP contribution in [-0.2, 0) is 26.2 Å². The lowest BCUT2D eigenvalue weighted by Gasteiger charge is -2.26. The summed E-state index contributed by atoms with van der Waals surface area (Å²) in [7, 11) is -2.45. The molecule has 0 unspecified atom stereocenters. The van der Waals surface area contributed by atoms with Gasteiger partial charge in [0, 0.05) is 44.6 Å². The topological polar surface area (TPSA) is 99.7 Å². The second-order valence-corrected chi connectivity index (χ2v) is 9.02. The van der Waals surface area contributed by atoms with Crippen LogP contribution in [0.2, 0.25) is 0 Å². The summed E-state index contributed by atoms with van der Waals surface area (Å²) in [5.41, 5.74) is 1.47. The summed E-state index contributed by atoms with van der Waals surface area (Å²) in [6.07, 6.45) is 5.24. The summed E-state index contributed by atoms with van der Waals surface area (Å²) in [6.45, 7) is 0.913. The third kappa shape index (κ3) is 5.39. The summed E-state index contributed by atoms with van der Waals surface area (Å²) in [5, 5.41) is 2.72. The van der Waals surface area contributed by atoms with Gasteiger partial charge in [-0.15, -0.1) is 0 Å². The maximum atomic E-state index is 12.5. The molecule has 1 saturated heterocycles. The number of carbonyl (C=O) groups is 2. The molecule has 2 amide bonds. The second-order valence-electron chi connectivity index (χ2n) is 6.97. The van der Waals surface area contributed by atoms with Gasteiger partial charge in [0.1, 0.15) is 4.90 Å². The van der Waals surface area contributed by atoms with E-state index in [-0.39, 0.29) is 17.3 Å². The largest absolute Gasteiger partial charge is 0.338 e. The molecule has 0 saturated carbocycles. The SMILES string of the molecule is CN(CC(=O)Nc1cccc(CN2CCCCC2=O)c1)S(=O)(=O)c1cccnc1. The number of amides is 2. The van der Waals surface area contributed by atoms with E-state index in [9.17, 15) is 18.0 Å². The highest BCUT2D eigenvalue weighted by Gasteiger charge is 2.23. The zero-order chi connectivity index (χ0) is 20.9. The van der Waals surface area contributed by atoms with Crippen LogP contribution in [0.3, 0.4) is 0 Å². The van der Waals surface area contributed by atoms with Gasteiger partial charge in [-0.1, -0.05) is 12.1 Å². The van der Waals surface area contributed by atoms with Gasteiger partial charge in [0.2, 0.25) is 21.8 Å². The number of hydrogen-bond donors (Lipinski definition) is 1. The Hall–Kier alpha value is -2.78. The lowest BCUT2D eigenvalue weighted by molar-refractivity contribution is -0.133. The van der Waals surface area contributed by atoms with E-state index in [0.717, 1.165) is 29.3 Å². The molecule has 9 heteroatoms. The number of benzene rings is 1. The standard InChI is InChI=1S/C20H24N4O4S/c1-23(29(27,28)18-8-5-10-21-13-18)15-19(25)22-17-7-4-6-16(12-17)14-24-11-3-2-9-20(24)26/h4-8,10,12-13H,2-3,9,11,14-15H2,1H3,(H,22,25). The number of aromatic nitrogens is 1. The molecule has 0 atom stereocenters. The Morgan fingerprint density at radius 1 is 1.24 bits per heavy atom. The first-order chi connectivity index (χ1) is 13.9. The quantitative estimate of drug-likeness (QED) is 0.743. The molecular weight excluding hydrogens is 392 g/mol. The Bertz CT molecular complexity index is 979. The van der Waals surface area contributed by atoms with Crippen LogP contribution >= 0.6 is 0 Å². The van der Waals surface area contributed by atoms with Crippen molar-refractivity contribution < 1.29 is 18.0 Å². The van der Waals surface area contributed by atoms with Crippen LogP contribution < -0.4 is 5.32 Å². The first-order valence-corrected chi connectivity index (χ1v) is 10.8. The van der Waals surface area contributed by atoms with E-state index in [2.05, 4.69) is 10.3 Å². The van der Waals surface area contributed by atoms with Gasteiger partial charge < -0.3 is 10.2 Å². The van der Waals surface area contributed by atoms with Crippen molar-refractivity contribution >= 4 is 27.5 Å². The number of nitrogens with zero attached hydrogens (tertiary/aromatic N) is 3. The molecule has 1 aliphatic rings. The highest BCUT2D eigenvalue weighted by molar-refractivity contribution is 7.89. The first-order valence-electron chi connectivity index (χ1n) is 9.39. The predicted octanol–water partition coefficient (Wildman–Crippen LogP) is 1.85. The Morgan fingerprint density at radius 2 is 2.07 bits per heavy atom. The van der Waals surface area contributed by atoms with Crippen molar-refractivity contribution in [2.75, 3.05) is 25.5 Å². The Morgan fingerprint density at radius 3 is 2.79 bits per heavy atom. The van der Waals surface area contributed by atoms with Gasteiger partial charge in [-0.3, -0.25) is 14.6 Å². The fourth-order valence-electron chi connectivity index (χ4n) is 3.16. The predicted molar refractivity (Wildman–Crippen MR) is 108 cm³/mol. The molecule has 1 aliphatic heterocycles.